The lowest BCUT2D eigenvalue weighted by atomic mass is 10.0. The number of benzene rings is 1. The van der Waals surface area contributed by atoms with E-state index in [-0.39, 0.29) is 12.4 Å². The molecule has 0 bridgehead atoms. The van der Waals surface area contributed by atoms with Crippen LogP contribution in [0.25, 0.3) is 10.9 Å². The van der Waals surface area contributed by atoms with E-state index in [0.717, 1.165) is 3.57 Å². The Hall–Kier alpha value is -1.74. The van der Waals surface area contributed by atoms with Crippen molar-refractivity contribution in [3.05, 3.63) is 33.0 Å². The SMILES string of the molecule is CC(=O)c1c(C)nc2ccc(I)cc2c1OCC(=O)NN. The zero-order valence-corrected chi connectivity index (χ0v) is 13.7. The number of nitrogens with one attached hydrogen (secondary N) is 1. The van der Waals surface area contributed by atoms with Crippen LogP contribution in [0.2, 0.25) is 0 Å². The molecule has 1 amide bonds. The van der Waals surface area contributed by atoms with Crippen LogP contribution in [0.3, 0.4) is 0 Å². The van der Waals surface area contributed by atoms with Crippen molar-refractivity contribution in [2.75, 3.05) is 6.61 Å². The number of hydrogen-bond acceptors (Lipinski definition) is 5. The number of amides is 1. The molecule has 1 aromatic heterocycles. The first-order valence-corrected chi connectivity index (χ1v) is 7.25. The maximum absolute atomic E-state index is 11.9. The van der Waals surface area contributed by atoms with Gasteiger partial charge in [-0.1, -0.05) is 0 Å². The fourth-order valence-electron chi connectivity index (χ4n) is 2.07. The van der Waals surface area contributed by atoms with Gasteiger partial charge in [-0.2, -0.15) is 0 Å². The van der Waals surface area contributed by atoms with Gasteiger partial charge in [0.05, 0.1) is 16.8 Å². The summed E-state index contributed by atoms with van der Waals surface area (Å²) in [5, 5.41) is 0.697. The zero-order valence-electron chi connectivity index (χ0n) is 11.6. The van der Waals surface area contributed by atoms with Crippen molar-refractivity contribution < 1.29 is 14.3 Å². The average Bonchev–Trinajstić information content (AvgIpc) is 2.44. The number of carbonyl (C=O) groups excluding carboxylic acids is 2. The summed E-state index contributed by atoms with van der Waals surface area (Å²) in [6.45, 7) is 2.92. The quantitative estimate of drug-likeness (QED) is 0.269. The van der Waals surface area contributed by atoms with Crippen molar-refractivity contribution in [1.82, 2.24) is 10.4 Å². The summed E-state index contributed by atoms with van der Waals surface area (Å²) in [6.07, 6.45) is 0. The highest BCUT2D eigenvalue weighted by molar-refractivity contribution is 14.1. The first-order chi connectivity index (χ1) is 9.93. The van der Waals surface area contributed by atoms with E-state index >= 15 is 0 Å². The molecular formula is C14H14IN3O3. The number of nitrogens with zero attached hydrogens (tertiary/aromatic N) is 1. The lowest BCUT2D eigenvalue weighted by Gasteiger charge is -2.14. The van der Waals surface area contributed by atoms with Crippen LogP contribution in [-0.2, 0) is 4.79 Å². The molecule has 1 heterocycles. The van der Waals surface area contributed by atoms with Crippen LogP contribution >= 0.6 is 22.6 Å². The van der Waals surface area contributed by atoms with Crippen LogP contribution in [0.5, 0.6) is 5.75 Å². The molecule has 2 rings (SSSR count). The Labute approximate surface area is 135 Å². The first-order valence-electron chi connectivity index (χ1n) is 6.17. The third-order valence-electron chi connectivity index (χ3n) is 2.94. The molecular weight excluding hydrogens is 385 g/mol. The van der Waals surface area contributed by atoms with E-state index < -0.39 is 5.91 Å². The molecule has 0 unspecified atom stereocenters. The molecule has 3 N–H and O–H groups in total. The zero-order chi connectivity index (χ0) is 15.6. The second kappa shape index (κ2) is 6.35. The molecule has 0 aliphatic heterocycles. The molecule has 1 aromatic carbocycles. The number of ether oxygens (including phenoxy) is 1. The number of pyridine rings is 1. The largest absolute Gasteiger partial charge is 0.482 e. The molecule has 6 nitrogen and oxygen atoms in total. The minimum Gasteiger partial charge on any atom is -0.482 e. The van der Waals surface area contributed by atoms with Crippen molar-refractivity contribution in [3.63, 3.8) is 0 Å². The van der Waals surface area contributed by atoms with Crippen LogP contribution in [0.4, 0.5) is 0 Å². The maximum Gasteiger partial charge on any atom is 0.271 e. The first kappa shape index (κ1) is 15.6. The standard InChI is InChI=1S/C14H14IN3O3/c1-7-13(8(2)19)14(21-6-12(20)18-16)10-5-9(15)3-4-11(10)17-7/h3-5H,6,16H2,1-2H3,(H,18,20). The van der Waals surface area contributed by atoms with E-state index in [1.54, 1.807) is 6.92 Å². The fraction of sp³-hybridized carbons (Fsp3) is 0.214. The number of ketones is 1. The topological polar surface area (TPSA) is 94.3 Å². The summed E-state index contributed by atoms with van der Waals surface area (Å²) < 4.78 is 6.52. The lowest BCUT2D eigenvalue weighted by molar-refractivity contribution is -0.123. The third kappa shape index (κ3) is 3.30. The van der Waals surface area contributed by atoms with Crippen molar-refractivity contribution in [2.45, 2.75) is 13.8 Å². The van der Waals surface area contributed by atoms with Gasteiger partial charge in [0, 0.05) is 8.96 Å². The van der Waals surface area contributed by atoms with E-state index in [9.17, 15) is 9.59 Å². The van der Waals surface area contributed by atoms with Crippen LogP contribution in [0, 0.1) is 10.5 Å². The number of aryl methyl sites for hydroxylation is 1. The summed E-state index contributed by atoms with van der Waals surface area (Å²) in [4.78, 5) is 27.6. The van der Waals surface area contributed by atoms with E-state index in [2.05, 4.69) is 27.6 Å². The molecule has 0 fully saturated rings. The Kier molecular flexibility index (Phi) is 4.73. The van der Waals surface area contributed by atoms with Crippen LogP contribution in [-0.4, -0.2) is 23.3 Å². The summed E-state index contributed by atoms with van der Waals surface area (Å²) in [5.74, 6) is 4.77. The van der Waals surface area contributed by atoms with Gasteiger partial charge in [-0.3, -0.25) is 20.0 Å². The molecule has 0 saturated heterocycles. The third-order valence-corrected chi connectivity index (χ3v) is 3.61. The second-order valence-electron chi connectivity index (χ2n) is 4.48. The van der Waals surface area contributed by atoms with E-state index in [0.29, 0.717) is 27.9 Å². The van der Waals surface area contributed by atoms with Gasteiger partial charge >= 0.3 is 0 Å². The van der Waals surface area contributed by atoms with Crippen molar-refractivity contribution >= 4 is 45.2 Å². The van der Waals surface area contributed by atoms with Gasteiger partial charge < -0.3 is 4.74 Å². The van der Waals surface area contributed by atoms with E-state index in [1.165, 1.54) is 6.92 Å². The Morgan fingerprint density at radius 1 is 1.43 bits per heavy atom. The molecule has 0 atom stereocenters. The number of hydrogen-bond donors (Lipinski definition) is 2. The van der Waals surface area contributed by atoms with Crippen molar-refractivity contribution in [3.8, 4) is 5.75 Å². The van der Waals surface area contributed by atoms with Gasteiger partial charge in [-0.15, -0.1) is 0 Å². The number of rotatable bonds is 4. The minimum absolute atomic E-state index is 0.163. The van der Waals surface area contributed by atoms with Gasteiger partial charge in [0.25, 0.3) is 5.91 Å². The van der Waals surface area contributed by atoms with Gasteiger partial charge in [0.2, 0.25) is 0 Å². The van der Waals surface area contributed by atoms with Gasteiger partial charge in [-0.05, 0) is 54.6 Å². The molecule has 110 valence electrons. The summed E-state index contributed by atoms with van der Waals surface area (Å²) in [5.41, 5.74) is 3.65. The Morgan fingerprint density at radius 2 is 2.14 bits per heavy atom. The number of hydrazine groups is 1. The van der Waals surface area contributed by atoms with Crippen molar-refractivity contribution in [1.29, 1.82) is 0 Å². The number of nitrogens with two attached hydrogens (primary N) is 1. The Balaban J connectivity index is 2.65. The Morgan fingerprint density at radius 3 is 2.76 bits per heavy atom. The number of fused-ring (bicyclic) bond motifs is 1. The molecule has 0 radical (unpaired) electrons. The van der Waals surface area contributed by atoms with Crippen molar-refractivity contribution in [2.24, 2.45) is 5.84 Å². The van der Waals surface area contributed by atoms with E-state index in [4.69, 9.17) is 10.6 Å². The molecule has 0 aliphatic carbocycles. The monoisotopic (exact) mass is 399 g/mol. The maximum atomic E-state index is 11.9. The molecule has 21 heavy (non-hydrogen) atoms. The highest BCUT2D eigenvalue weighted by Gasteiger charge is 2.18. The van der Waals surface area contributed by atoms with Gasteiger partial charge in [-0.25, -0.2) is 5.84 Å². The predicted octanol–water partition coefficient (Wildman–Crippen LogP) is 1.72. The molecule has 0 saturated carbocycles. The summed E-state index contributed by atoms with van der Waals surface area (Å²) in [6, 6.07) is 5.63. The van der Waals surface area contributed by atoms with Gasteiger partial charge in [0.1, 0.15) is 5.75 Å². The molecule has 7 heteroatoms. The number of Topliss-reactive ketones (excluding diaryl/α,β-unsaturated/α-hetero) is 1. The fourth-order valence-corrected chi connectivity index (χ4v) is 2.56. The molecule has 0 aliphatic rings. The highest BCUT2D eigenvalue weighted by atomic mass is 127. The van der Waals surface area contributed by atoms with Crippen LogP contribution in [0.1, 0.15) is 23.0 Å². The minimum atomic E-state index is -0.474. The number of aromatic nitrogens is 1. The Bertz CT molecular complexity index is 731. The number of carbonyl (C=O) groups is 2. The average molecular weight is 399 g/mol. The lowest BCUT2D eigenvalue weighted by Crippen LogP contribution is -2.34. The molecule has 0 spiro atoms. The smallest absolute Gasteiger partial charge is 0.271 e. The predicted molar refractivity (Wildman–Crippen MR) is 87.0 cm³/mol. The van der Waals surface area contributed by atoms with Gasteiger partial charge in [0.15, 0.2) is 12.4 Å². The van der Waals surface area contributed by atoms with Crippen LogP contribution < -0.4 is 16.0 Å². The van der Waals surface area contributed by atoms with Crippen LogP contribution in [0.15, 0.2) is 18.2 Å². The number of halogens is 1. The summed E-state index contributed by atoms with van der Waals surface area (Å²) in [7, 11) is 0. The summed E-state index contributed by atoms with van der Waals surface area (Å²) >= 11 is 2.16. The van der Waals surface area contributed by atoms with E-state index in [1.807, 2.05) is 23.6 Å². The molecule has 2 aromatic rings. The highest BCUT2D eigenvalue weighted by Crippen LogP contribution is 2.32. The normalized spacial score (nSPS) is 10.5. The second-order valence-corrected chi connectivity index (χ2v) is 5.72.